The van der Waals surface area contributed by atoms with Gasteiger partial charge in [0.15, 0.2) is 0 Å². The fourth-order valence-electron chi connectivity index (χ4n) is 2.07. The van der Waals surface area contributed by atoms with Crippen LogP contribution in [0.3, 0.4) is 0 Å². The van der Waals surface area contributed by atoms with Crippen LogP contribution in [0.4, 0.5) is 0 Å². The summed E-state index contributed by atoms with van der Waals surface area (Å²) in [5.41, 5.74) is 3.64. The van der Waals surface area contributed by atoms with E-state index in [0.717, 1.165) is 28.2 Å². The zero-order valence-electron chi connectivity index (χ0n) is 12.5. The molecule has 2 rings (SSSR count). The lowest BCUT2D eigenvalue weighted by atomic mass is 10.1. The Labute approximate surface area is 138 Å². The van der Waals surface area contributed by atoms with Crippen LogP contribution in [0.5, 0.6) is 11.5 Å². The summed E-state index contributed by atoms with van der Waals surface area (Å²) in [7, 11) is 3.31. The summed E-state index contributed by atoms with van der Waals surface area (Å²) in [6, 6.07) is 13.4. The van der Waals surface area contributed by atoms with E-state index in [4.69, 9.17) is 14.7 Å². The second kappa shape index (κ2) is 7.67. The zero-order valence-corrected chi connectivity index (χ0v) is 14.1. The fourth-order valence-corrected chi connectivity index (χ4v) is 2.51. The highest BCUT2D eigenvalue weighted by Gasteiger charge is 2.08. The molecule has 2 aromatic rings. The Kier molecular flexibility index (Phi) is 5.62. The van der Waals surface area contributed by atoms with E-state index >= 15 is 0 Å². The van der Waals surface area contributed by atoms with Crippen molar-refractivity contribution in [2.45, 2.75) is 5.33 Å². The Morgan fingerprint density at radius 3 is 2.27 bits per heavy atom. The average Bonchev–Trinajstić information content (AvgIpc) is 2.59. The molecule has 3 nitrogen and oxygen atoms in total. The van der Waals surface area contributed by atoms with Gasteiger partial charge in [-0.15, -0.1) is 0 Å². The number of methoxy groups -OCH3 is 2. The van der Waals surface area contributed by atoms with Gasteiger partial charge in [-0.25, -0.2) is 0 Å². The number of ether oxygens (including phenoxy) is 2. The van der Waals surface area contributed by atoms with Gasteiger partial charge in [0.25, 0.3) is 0 Å². The van der Waals surface area contributed by atoms with Crippen LogP contribution >= 0.6 is 15.9 Å². The number of benzene rings is 2. The first-order chi connectivity index (χ1) is 10.7. The Morgan fingerprint density at radius 1 is 1.05 bits per heavy atom. The van der Waals surface area contributed by atoms with Gasteiger partial charge in [-0.1, -0.05) is 40.2 Å². The van der Waals surface area contributed by atoms with Gasteiger partial charge in [0, 0.05) is 16.5 Å². The monoisotopic (exact) mass is 357 g/mol. The molecule has 0 spiro atoms. The van der Waals surface area contributed by atoms with Gasteiger partial charge in [0.05, 0.1) is 25.9 Å². The van der Waals surface area contributed by atoms with Crippen molar-refractivity contribution < 1.29 is 9.47 Å². The molecular weight excluding hydrogens is 342 g/mol. The van der Waals surface area contributed by atoms with E-state index in [9.17, 15) is 0 Å². The normalized spacial score (nSPS) is 10.5. The highest BCUT2D eigenvalue weighted by atomic mass is 79.9. The van der Waals surface area contributed by atoms with E-state index in [1.165, 1.54) is 0 Å². The van der Waals surface area contributed by atoms with Crippen molar-refractivity contribution in [2.75, 3.05) is 14.2 Å². The molecule has 0 radical (unpaired) electrons. The van der Waals surface area contributed by atoms with E-state index in [1.54, 1.807) is 26.4 Å². The third-order valence-electron chi connectivity index (χ3n) is 3.27. The third-order valence-corrected chi connectivity index (χ3v) is 3.88. The molecule has 0 heterocycles. The highest BCUT2D eigenvalue weighted by Crippen LogP contribution is 2.31. The van der Waals surface area contributed by atoms with Crippen molar-refractivity contribution in [3.63, 3.8) is 0 Å². The van der Waals surface area contributed by atoms with E-state index in [2.05, 4.69) is 22.0 Å². The van der Waals surface area contributed by atoms with Gasteiger partial charge < -0.3 is 9.47 Å². The van der Waals surface area contributed by atoms with Crippen LogP contribution < -0.4 is 9.47 Å². The number of alkyl halides is 1. The highest BCUT2D eigenvalue weighted by molar-refractivity contribution is 9.08. The molecule has 2 aromatic carbocycles. The molecule has 4 heteroatoms. The second-order valence-electron chi connectivity index (χ2n) is 4.61. The summed E-state index contributed by atoms with van der Waals surface area (Å²) in [5.74, 6) is 1.61. The molecule has 0 saturated carbocycles. The number of rotatable bonds is 5. The minimum atomic E-state index is 0.651. The van der Waals surface area contributed by atoms with Crippen LogP contribution in [-0.4, -0.2) is 14.2 Å². The molecule has 0 amide bonds. The van der Waals surface area contributed by atoms with Crippen molar-refractivity contribution >= 4 is 28.1 Å². The lowest BCUT2D eigenvalue weighted by Crippen LogP contribution is -1.94. The van der Waals surface area contributed by atoms with Gasteiger partial charge in [0.1, 0.15) is 11.5 Å². The maximum Gasteiger partial charge on any atom is 0.126 e. The molecule has 0 saturated heterocycles. The van der Waals surface area contributed by atoms with Crippen LogP contribution in [0.25, 0.3) is 12.2 Å². The van der Waals surface area contributed by atoms with Crippen molar-refractivity contribution in [3.05, 3.63) is 58.7 Å². The summed E-state index contributed by atoms with van der Waals surface area (Å²) in [4.78, 5) is 0. The first kappa shape index (κ1) is 16.1. The summed E-state index contributed by atoms with van der Waals surface area (Å²) < 4.78 is 10.8. The van der Waals surface area contributed by atoms with Crippen molar-refractivity contribution in [1.82, 2.24) is 0 Å². The summed E-state index contributed by atoms with van der Waals surface area (Å²) in [5, 5.41) is 9.51. The molecule has 0 unspecified atom stereocenters. The molecule has 0 aliphatic carbocycles. The molecule has 112 valence electrons. The van der Waals surface area contributed by atoms with E-state index in [0.29, 0.717) is 10.9 Å². The van der Waals surface area contributed by atoms with Crippen LogP contribution in [0.1, 0.15) is 22.3 Å². The lowest BCUT2D eigenvalue weighted by molar-refractivity contribution is 0.399. The van der Waals surface area contributed by atoms with Gasteiger partial charge in [-0.2, -0.15) is 5.26 Å². The quantitative estimate of drug-likeness (QED) is 0.578. The van der Waals surface area contributed by atoms with Crippen LogP contribution in [0.2, 0.25) is 0 Å². The van der Waals surface area contributed by atoms with Crippen LogP contribution in [-0.2, 0) is 5.33 Å². The van der Waals surface area contributed by atoms with E-state index < -0.39 is 0 Å². The largest absolute Gasteiger partial charge is 0.496 e. The maximum atomic E-state index is 8.81. The standard InChI is InChI=1S/C18H16BrNO2/c1-21-17-10-16(11-19)18(22-2)9-15(17)8-7-13-3-5-14(12-20)6-4-13/h3-10H,11H2,1-2H3/b8-7+. The van der Waals surface area contributed by atoms with Gasteiger partial charge in [-0.05, 0) is 29.8 Å². The molecule has 0 fully saturated rings. The molecule has 0 N–H and O–H groups in total. The van der Waals surface area contributed by atoms with Crippen LogP contribution in [0, 0.1) is 11.3 Å². The van der Waals surface area contributed by atoms with E-state index in [1.807, 2.05) is 36.4 Å². The Bertz CT molecular complexity index is 715. The molecule has 0 aliphatic rings. The van der Waals surface area contributed by atoms with Gasteiger partial charge in [-0.3, -0.25) is 0 Å². The molecule has 0 bridgehead atoms. The minimum absolute atomic E-state index is 0.651. The van der Waals surface area contributed by atoms with Crippen molar-refractivity contribution in [3.8, 4) is 17.6 Å². The summed E-state index contributed by atoms with van der Waals surface area (Å²) in [6.07, 6.45) is 3.95. The Hall–Kier alpha value is -2.25. The minimum Gasteiger partial charge on any atom is -0.496 e. The lowest BCUT2D eigenvalue weighted by Gasteiger charge is -2.11. The SMILES string of the molecule is COc1cc(CBr)c(OC)cc1/C=C/c1ccc(C#N)cc1. The number of nitrogens with zero attached hydrogens (tertiary/aromatic N) is 1. The average molecular weight is 358 g/mol. The zero-order chi connectivity index (χ0) is 15.9. The topological polar surface area (TPSA) is 42.2 Å². The number of nitriles is 1. The van der Waals surface area contributed by atoms with Crippen molar-refractivity contribution in [2.24, 2.45) is 0 Å². The Morgan fingerprint density at radius 2 is 1.73 bits per heavy atom. The number of halogens is 1. The van der Waals surface area contributed by atoms with Gasteiger partial charge in [0.2, 0.25) is 0 Å². The third kappa shape index (κ3) is 3.69. The Balaban J connectivity index is 2.34. The predicted molar refractivity (Wildman–Crippen MR) is 92.3 cm³/mol. The molecule has 0 aliphatic heterocycles. The van der Waals surface area contributed by atoms with Gasteiger partial charge >= 0.3 is 0 Å². The predicted octanol–water partition coefficient (Wildman–Crippen LogP) is 4.64. The number of hydrogen-bond donors (Lipinski definition) is 0. The first-order valence-electron chi connectivity index (χ1n) is 6.71. The van der Waals surface area contributed by atoms with E-state index in [-0.39, 0.29) is 0 Å². The smallest absolute Gasteiger partial charge is 0.126 e. The molecule has 22 heavy (non-hydrogen) atoms. The molecular formula is C18H16BrNO2. The van der Waals surface area contributed by atoms with Crippen molar-refractivity contribution in [1.29, 1.82) is 5.26 Å². The fraction of sp³-hybridized carbons (Fsp3) is 0.167. The first-order valence-corrected chi connectivity index (χ1v) is 7.83. The summed E-state index contributed by atoms with van der Waals surface area (Å²) >= 11 is 3.45. The maximum absolute atomic E-state index is 8.81. The summed E-state index contributed by atoms with van der Waals surface area (Å²) in [6.45, 7) is 0. The van der Waals surface area contributed by atoms with Crippen LogP contribution in [0.15, 0.2) is 36.4 Å². The molecule has 0 aromatic heterocycles. The number of hydrogen-bond acceptors (Lipinski definition) is 3. The second-order valence-corrected chi connectivity index (χ2v) is 5.17. The molecule has 0 atom stereocenters.